The Hall–Kier alpha value is -6.72. The number of benzene rings is 7. The van der Waals surface area contributed by atoms with Crippen LogP contribution in [0.2, 0.25) is 0 Å². The normalized spacial score (nSPS) is 12.1. The Balaban J connectivity index is 1.12. The van der Waals surface area contributed by atoms with Crippen molar-refractivity contribution in [1.29, 1.82) is 0 Å². The number of para-hydroxylation sites is 3. The molecule has 0 aliphatic rings. The molecule has 0 amide bonds. The summed E-state index contributed by atoms with van der Waals surface area (Å²) in [5, 5.41) is 8.06. The van der Waals surface area contributed by atoms with E-state index in [1.54, 1.807) is 0 Å². The van der Waals surface area contributed by atoms with Crippen LogP contribution >= 0.6 is 0 Å². The quantitative estimate of drug-likeness (QED) is 0.196. The Morgan fingerprint density at radius 1 is 0.449 bits per heavy atom. The molecule has 228 valence electrons. The molecule has 0 aliphatic heterocycles. The minimum atomic E-state index is 0.533. The number of hydrogen-bond acceptors (Lipinski definition) is 3. The molecule has 5 nitrogen and oxygen atoms in total. The molecule has 11 aromatic rings. The Kier molecular flexibility index (Phi) is 5.32. The van der Waals surface area contributed by atoms with Gasteiger partial charge in [0.2, 0.25) is 5.71 Å². The first-order valence-corrected chi connectivity index (χ1v) is 16.5. The average Bonchev–Trinajstić information content (AvgIpc) is 3.80. The largest absolute Gasteiger partial charge is 0.436 e. The van der Waals surface area contributed by atoms with Crippen molar-refractivity contribution >= 4 is 76.6 Å². The molecule has 49 heavy (non-hydrogen) atoms. The first-order chi connectivity index (χ1) is 24.3. The van der Waals surface area contributed by atoms with Gasteiger partial charge in [-0.05, 0) is 76.5 Å². The van der Waals surface area contributed by atoms with Crippen LogP contribution in [0.25, 0.3) is 99.2 Å². The lowest BCUT2D eigenvalue weighted by atomic mass is 10.0. The Labute approximate surface area is 279 Å². The minimum absolute atomic E-state index is 0.533. The summed E-state index contributed by atoms with van der Waals surface area (Å²) in [6, 6.07) is 53.8. The van der Waals surface area contributed by atoms with Gasteiger partial charge in [0.15, 0.2) is 5.82 Å². The van der Waals surface area contributed by atoms with Crippen molar-refractivity contribution in [3.05, 3.63) is 158 Å². The monoisotopic (exact) mass is 626 g/mol. The highest BCUT2D eigenvalue weighted by atomic mass is 16.3. The third-order valence-electron chi connectivity index (χ3n) is 9.96. The van der Waals surface area contributed by atoms with Crippen molar-refractivity contribution in [3.63, 3.8) is 0 Å². The van der Waals surface area contributed by atoms with Crippen LogP contribution in [0.1, 0.15) is 0 Å². The van der Waals surface area contributed by atoms with Crippen molar-refractivity contribution in [2.45, 2.75) is 0 Å². The number of fused-ring (bicyclic) bond motifs is 10. The van der Waals surface area contributed by atoms with Gasteiger partial charge in [0.05, 0.1) is 28.3 Å². The van der Waals surface area contributed by atoms with Crippen LogP contribution < -0.4 is 0 Å². The average molecular weight is 627 g/mol. The standard InChI is InChI=1S/C44H26N4O/c1-2-12-31(13-3-1)47-37-16-8-7-15-33(37)35-22-29(19-21-39(35)47)30-18-20-34-32-14-6-9-17-38(32)48(40(34)24-30)42-26-45-43-36-23-27-10-4-5-11-28(27)25-41(36)49-44(43)46-42/h1-26H. The maximum Gasteiger partial charge on any atom is 0.248 e. The van der Waals surface area contributed by atoms with Gasteiger partial charge in [-0.25, -0.2) is 4.98 Å². The molecule has 0 spiro atoms. The molecule has 4 aromatic heterocycles. The summed E-state index contributed by atoms with van der Waals surface area (Å²) in [6.45, 7) is 0. The van der Waals surface area contributed by atoms with Crippen molar-refractivity contribution in [2.24, 2.45) is 0 Å². The predicted molar refractivity (Wildman–Crippen MR) is 201 cm³/mol. The van der Waals surface area contributed by atoms with Crippen LogP contribution in [0.15, 0.2) is 162 Å². The van der Waals surface area contributed by atoms with Crippen LogP contribution in [-0.4, -0.2) is 19.1 Å². The van der Waals surface area contributed by atoms with Gasteiger partial charge in [-0.2, -0.15) is 4.98 Å². The van der Waals surface area contributed by atoms with Gasteiger partial charge in [-0.1, -0.05) is 97.1 Å². The molecule has 0 radical (unpaired) electrons. The van der Waals surface area contributed by atoms with E-state index < -0.39 is 0 Å². The van der Waals surface area contributed by atoms with Gasteiger partial charge in [0.1, 0.15) is 11.1 Å². The zero-order valence-electron chi connectivity index (χ0n) is 26.2. The first kappa shape index (κ1) is 26.4. The van der Waals surface area contributed by atoms with Crippen molar-refractivity contribution in [2.75, 3.05) is 0 Å². The minimum Gasteiger partial charge on any atom is -0.436 e. The van der Waals surface area contributed by atoms with Crippen LogP contribution in [-0.2, 0) is 0 Å². The van der Waals surface area contributed by atoms with Gasteiger partial charge in [0, 0.05) is 32.6 Å². The van der Waals surface area contributed by atoms with E-state index in [2.05, 4.69) is 155 Å². The summed E-state index contributed by atoms with van der Waals surface area (Å²) >= 11 is 0. The highest BCUT2D eigenvalue weighted by Gasteiger charge is 2.18. The lowest BCUT2D eigenvalue weighted by molar-refractivity contribution is 0.652. The van der Waals surface area contributed by atoms with Crippen LogP contribution in [0, 0.1) is 0 Å². The molecule has 0 bridgehead atoms. The van der Waals surface area contributed by atoms with E-state index in [9.17, 15) is 0 Å². The summed E-state index contributed by atoms with van der Waals surface area (Å²) in [5.74, 6) is 0.723. The van der Waals surface area contributed by atoms with Crippen molar-refractivity contribution in [3.8, 4) is 22.6 Å². The molecule has 7 aromatic carbocycles. The number of rotatable bonds is 3. The topological polar surface area (TPSA) is 48.8 Å². The highest BCUT2D eigenvalue weighted by Crippen LogP contribution is 2.38. The van der Waals surface area contributed by atoms with Crippen molar-refractivity contribution in [1.82, 2.24) is 19.1 Å². The lowest BCUT2D eigenvalue weighted by Crippen LogP contribution is -1.98. The van der Waals surface area contributed by atoms with Crippen molar-refractivity contribution < 1.29 is 4.42 Å². The summed E-state index contributed by atoms with van der Waals surface area (Å²) in [5.41, 5.74) is 10.1. The molecule has 5 heteroatoms. The van der Waals surface area contributed by atoms with Gasteiger partial charge in [-0.3, -0.25) is 4.57 Å². The molecule has 11 rings (SSSR count). The van der Waals surface area contributed by atoms with Crippen LogP contribution in [0.4, 0.5) is 0 Å². The van der Waals surface area contributed by atoms with Gasteiger partial charge in [-0.15, -0.1) is 0 Å². The Morgan fingerprint density at radius 2 is 1.08 bits per heavy atom. The molecule has 0 N–H and O–H groups in total. The molecular formula is C44H26N4O. The second-order valence-electron chi connectivity index (χ2n) is 12.7. The Bertz CT molecular complexity index is 3110. The van der Waals surface area contributed by atoms with Crippen LogP contribution in [0.5, 0.6) is 0 Å². The van der Waals surface area contributed by atoms with Gasteiger partial charge >= 0.3 is 0 Å². The second-order valence-corrected chi connectivity index (χ2v) is 12.7. The predicted octanol–water partition coefficient (Wildman–Crippen LogP) is 11.4. The molecule has 0 fully saturated rings. The van der Waals surface area contributed by atoms with E-state index in [1.807, 2.05) is 12.3 Å². The third-order valence-corrected chi connectivity index (χ3v) is 9.96. The molecule has 0 saturated heterocycles. The van der Waals surface area contributed by atoms with E-state index in [0.717, 1.165) is 60.9 Å². The summed E-state index contributed by atoms with van der Waals surface area (Å²) < 4.78 is 10.9. The summed E-state index contributed by atoms with van der Waals surface area (Å²) in [6.07, 6.45) is 1.87. The maximum absolute atomic E-state index is 6.34. The van der Waals surface area contributed by atoms with E-state index in [0.29, 0.717) is 5.71 Å². The van der Waals surface area contributed by atoms with E-state index in [-0.39, 0.29) is 0 Å². The first-order valence-electron chi connectivity index (χ1n) is 16.5. The molecule has 4 heterocycles. The zero-order chi connectivity index (χ0) is 32.1. The fraction of sp³-hybridized carbons (Fsp3) is 0. The van der Waals surface area contributed by atoms with E-state index in [4.69, 9.17) is 14.4 Å². The Morgan fingerprint density at radius 3 is 1.92 bits per heavy atom. The van der Waals surface area contributed by atoms with Gasteiger partial charge in [0.25, 0.3) is 0 Å². The summed E-state index contributed by atoms with van der Waals surface area (Å²) in [7, 11) is 0. The smallest absolute Gasteiger partial charge is 0.248 e. The lowest BCUT2D eigenvalue weighted by Gasteiger charge is -2.09. The number of furan rings is 1. The number of hydrogen-bond donors (Lipinski definition) is 0. The second kappa shape index (κ2) is 9.89. The number of aromatic nitrogens is 4. The highest BCUT2D eigenvalue weighted by molar-refractivity contribution is 6.13. The molecule has 0 saturated carbocycles. The molecular weight excluding hydrogens is 601 g/mol. The maximum atomic E-state index is 6.34. The fourth-order valence-electron chi connectivity index (χ4n) is 7.72. The zero-order valence-corrected chi connectivity index (χ0v) is 26.2. The fourth-order valence-corrected chi connectivity index (χ4v) is 7.72. The van der Waals surface area contributed by atoms with E-state index >= 15 is 0 Å². The molecule has 0 unspecified atom stereocenters. The van der Waals surface area contributed by atoms with Crippen LogP contribution in [0.3, 0.4) is 0 Å². The molecule has 0 atom stereocenters. The molecule has 0 aliphatic carbocycles. The third kappa shape index (κ3) is 3.81. The SMILES string of the molecule is c1ccc(-n2c3ccccc3c3cc(-c4ccc5c6ccccc6n(-c6cnc7c(n6)oc6cc8ccccc8cc67)c5c4)ccc32)cc1. The van der Waals surface area contributed by atoms with E-state index in [1.165, 1.54) is 32.6 Å². The van der Waals surface area contributed by atoms with Gasteiger partial charge < -0.3 is 8.98 Å². The summed E-state index contributed by atoms with van der Waals surface area (Å²) in [4.78, 5) is 10.0. The number of nitrogens with zero attached hydrogens (tertiary/aromatic N) is 4.